The Hall–Kier alpha value is -2.01. The third-order valence-corrected chi connectivity index (χ3v) is 5.37. The number of hydrogen-bond acceptors (Lipinski definition) is 3. The van der Waals surface area contributed by atoms with Crippen LogP contribution in [0.2, 0.25) is 5.02 Å². The molecule has 1 aromatic heterocycles. The minimum absolute atomic E-state index is 0.0399. The van der Waals surface area contributed by atoms with Gasteiger partial charge in [-0.2, -0.15) is 5.10 Å². The molecule has 1 amide bonds. The number of benzene rings is 1. The highest BCUT2D eigenvalue weighted by molar-refractivity contribution is 6.30. The van der Waals surface area contributed by atoms with Crippen LogP contribution in [0.5, 0.6) is 5.75 Å². The zero-order valence-corrected chi connectivity index (χ0v) is 16.3. The van der Waals surface area contributed by atoms with Crippen molar-refractivity contribution in [3.63, 3.8) is 0 Å². The Bertz CT molecular complexity index is 766. The zero-order valence-electron chi connectivity index (χ0n) is 15.6. The molecule has 0 aliphatic carbocycles. The van der Waals surface area contributed by atoms with Crippen LogP contribution < -0.4 is 4.74 Å². The Labute approximate surface area is 159 Å². The molecule has 5 nitrogen and oxygen atoms in total. The number of nitrogens with one attached hydrogen (secondary N) is 1. The predicted octanol–water partition coefficient (Wildman–Crippen LogP) is 4.11. The maximum Gasteiger partial charge on any atom is 0.263 e. The van der Waals surface area contributed by atoms with Crippen molar-refractivity contribution in [3.8, 4) is 5.75 Å². The van der Waals surface area contributed by atoms with E-state index in [0.717, 1.165) is 37.9 Å². The number of aromatic amines is 1. The molecule has 1 saturated heterocycles. The Morgan fingerprint density at radius 1 is 1.42 bits per heavy atom. The quantitative estimate of drug-likeness (QED) is 0.855. The molecule has 0 bridgehead atoms. The second kappa shape index (κ2) is 8.12. The van der Waals surface area contributed by atoms with Gasteiger partial charge in [0.25, 0.3) is 5.91 Å². The number of piperidine rings is 1. The maximum absolute atomic E-state index is 12.8. The molecule has 2 aromatic rings. The lowest BCUT2D eigenvalue weighted by atomic mass is 9.90. The highest BCUT2D eigenvalue weighted by Crippen LogP contribution is 2.30. The largest absolute Gasteiger partial charge is 0.481 e. The molecule has 3 rings (SSSR count). The summed E-state index contributed by atoms with van der Waals surface area (Å²) >= 11 is 5.98. The first-order valence-corrected chi connectivity index (χ1v) is 9.61. The third-order valence-electron chi connectivity index (χ3n) is 5.14. The Morgan fingerprint density at radius 3 is 2.81 bits per heavy atom. The summed E-state index contributed by atoms with van der Waals surface area (Å²) in [5.74, 6) is 1.19. The fraction of sp³-hybridized carbons (Fsp3) is 0.500. The molecule has 0 spiro atoms. The molecule has 1 atom stereocenters. The second-order valence-corrected chi connectivity index (χ2v) is 7.37. The van der Waals surface area contributed by atoms with Crippen LogP contribution in [0.15, 0.2) is 24.4 Å². The summed E-state index contributed by atoms with van der Waals surface area (Å²) in [7, 11) is 0. The summed E-state index contributed by atoms with van der Waals surface area (Å²) < 4.78 is 5.88. The number of aromatic nitrogens is 2. The van der Waals surface area contributed by atoms with E-state index >= 15 is 0 Å². The predicted molar refractivity (Wildman–Crippen MR) is 103 cm³/mol. The number of likely N-dealkylation sites (tertiary alicyclic amines) is 1. The van der Waals surface area contributed by atoms with E-state index in [1.54, 1.807) is 6.07 Å². The van der Waals surface area contributed by atoms with Crippen LogP contribution in [-0.2, 0) is 11.2 Å². The average molecular weight is 376 g/mol. The average Bonchev–Trinajstić information content (AvgIpc) is 3.12. The monoisotopic (exact) mass is 375 g/mol. The second-order valence-electron chi connectivity index (χ2n) is 6.93. The fourth-order valence-corrected chi connectivity index (χ4v) is 3.81. The van der Waals surface area contributed by atoms with Crippen molar-refractivity contribution in [2.45, 2.75) is 52.1 Å². The summed E-state index contributed by atoms with van der Waals surface area (Å²) in [5, 5.41) is 7.99. The zero-order chi connectivity index (χ0) is 18.7. The van der Waals surface area contributed by atoms with Crippen LogP contribution in [0.3, 0.4) is 0 Å². The van der Waals surface area contributed by atoms with E-state index in [1.807, 2.05) is 37.1 Å². The number of aryl methyl sites for hydroxylation is 2. The number of ether oxygens (including phenoxy) is 1. The molecule has 1 N–H and O–H groups in total. The number of halogens is 1. The van der Waals surface area contributed by atoms with E-state index in [4.69, 9.17) is 16.3 Å². The van der Waals surface area contributed by atoms with Gasteiger partial charge in [0.05, 0.1) is 6.20 Å². The molecule has 0 radical (unpaired) electrons. The summed E-state index contributed by atoms with van der Waals surface area (Å²) in [6.45, 7) is 7.38. The topological polar surface area (TPSA) is 58.2 Å². The molecule has 1 fully saturated rings. The number of carbonyl (C=O) groups excluding carboxylic acids is 1. The first kappa shape index (κ1) is 18.8. The molecule has 1 aromatic carbocycles. The van der Waals surface area contributed by atoms with Gasteiger partial charge in [0.15, 0.2) is 6.10 Å². The van der Waals surface area contributed by atoms with Gasteiger partial charge in [-0.15, -0.1) is 0 Å². The lowest BCUT2D eigenvalue weighted by Crippen LogP contribution is -2.44. The summed E-state index contributed by atoms with van der Waals surface area (Å²) in [6.07, 6.45) is 4.29. The number of nitrogens with zero attached hydrogens (tertiary/aromatic N) is 2. The van der Waals surface area contributed by atoms with Crippen LogP contribution >= 0.6 is 11.6 Å². The molecule has 6 heteroatoms. The molecule has 0 unspecified atom stereocenters. The summed E-state index contributed by atoms with van der Waals surface area (Å²) in [4.78, 5) is 14.7. The molecule has 1 aliphatic rings. The van der Waals surface area contributed by atoms with Crippen molar-refractivity contribution in [1.82, 2.24) is 15.1 Å². The van der Waals surface area contributed by atoms with Gasteiger partial charge in [0, 0.05) is 29.7 Å². The Kier molecular flexibility index (Phi) is 5.87. The van der Waals surface area contributed by atoms with Crippen LogP contribution in [0, 0.1) is 6.92 Å². The lowest BCUT2D eigenvalue weighted by molar-refractivity contribution is -0.139. The van der Waals surface area contributed by atoms with Gasteiger partial charge >= 0.3 is 0 Å². The standard InChI is InChI=1S/C20H26ClN3O2/c1-4-15-12-22-23-19(15)16-7-9-24(10-8-16)20(25)14(3)26-18-6-5-17(21)11-13(18)2/h5-6,11-12,14,16H,4,7-10H2,1-3H3,(H,22,23)/t14-/m0/s1. The van der Waals surface area contributed by atoms with Crippen molar-refractivity contribution >= 4 is 17.5 Å². The van der Waals surface area contributed by atoms with Gasteiger partial charge in [0.2, 0.25) is 0 Å². The van der Waals surface area contributed by atoms with E-state index in [9.17, 15) is 4.79 Å². The number of H-pyrrole nitrogens is 1. The fourth-order valence-electron chi connectivity index (χ4n) is 3.59. The number of amides is 1. The van der Waals surface area contributed by atoms with Crippen LogP contribution in [0.1, 0.15) is 49.4 Å². The van der Waals surface area contributed by atoms with Gasteiger partial charge in [-0.25, -0.2) is 0 Å². The summed E-state index contributed by atoms with van der Waals surface area (Å²) in [6, 6.07) is 5.44. The Balaban J connectivity index is 1.57. The SMILES string of the molecule is CCc1cn[nH]c1C1CCN(C(=O)[C@H](C)Oc2ccc(Cl)cc2C)CC1. The van der Waals surface area contributed by atoms with Crippen LogP contribution in [0.4, 0.5) is 0 Å². The van der Waals surface area contributed by atoms with Crippen LogP contribution in [-0.4, -0.2) is 40.2 Å². The third kappa shape index (κ3) is 4.04. The van der Waals surface area contributed by atoms with Gasteiger partial charge < -0.3 is 9.64 Å². The highest BCUT2D eigenvalue weighted by Gasteiger charge is 2.29. The van der Waals surface area contributed by atoms with Crippen LogP contribution in [0.25, 0.3) is 0 Å². The van der Waals surface area contributed by atoms with Crippen molar-refractivity contribution in [2.24, 2.45) is 0 Å². The molecule has 2 heterocycles. The van der Waals surface area contributed by atoms with Crippen molar-refractivity contribution in [1.29, 1.82) is 0 Å². The number of carbonyl (C=O) groups is 1. The van der Waals surface area contributed by atoms with E-state index < -0.39 is 6.10 Å². The van der Waals surface area contributed by atoms with E-state index in [-0.39, 0.29) is 5.91 Å². The normalized spacial score (nSPS) is 16.5. The smallest absolute Gasteiger partial charge is 0.263 e. The molecule has 26 heavy (non-hydrogen) atoms. The van der Waals surface area contributed by atoms with Gasteiger partial charge in [-0.05, 0) is 62.4 Å². The van der Waals surface area contributed by atoms with Gasteiger partial charge in [-0.3, -0.25) is 9.89 Å². The summed E-state index contributed by atoms with van der Waals surface area (Å²) in [5.41, 5.74) is 3.45. The number of rotatable bonds is 5. The van der Waals surface area contributed by atoms with Gasteiger partial charge in [-0.1, -0.05) is 18.5 Å². The molecule has 1 aliphatic heterocycles. The Morgan fingerprint density at radius 2 is 2.15 bits per heavy atom. The van der Waals surface area contributed by atoms with E-state index in [0.29, 0.717) is 16.7 Å². The van der Waals surface area contributed by atoms with E-state index in [1.165, 1.54) is 11.3 Å². The maximum atomic E-state index is 12.8. The first-order valence-electron chi connectivity index (χ1n) is 9.23. The highest BCUT2D eigenvalue weighted by atomic mass is 35.5. The molecular weight excluding hydrogens is 350 g/mol. The van der Waals surface area contributed by atoms with E-state index in [2.05, 4.69) is 17.1 Å². The van der Waals surface area contributed by atoms with Crippen molar-refractivity contribution in [2.75, 3.05) is 13.1 Å². The van der Waals surface area contributed by atoms with Crippen molar-refractivity contribution < 1.29 is 9.53 Å². The minimum atomic E-state index is -0.509. The van der Waals surface area contributed by atoms with Crippen molar-refractivity contribution in [3.05, 3.63) is 46.2 Å². The molecular formula is C20H26ClN3O2. The molecule has 140 valence electrons. The lowest BCUT2D eigenvalue weighted by Gasteiger charge is -2.33. The first-order chi connectivity index (χ1) is 12.5. The van der Waals surface area contributed by atoms with Gasteiger partial charge in [0.1, 0.15) is 5.75 Å². The minimum Gasteiger partial charge on any atom is -0.481 e. The molecule has 0 saturated carbocycles. The number of hydrogen-bond donors (Lipinski definition) is 1.